The Bertz CT molecular complexity index is 1510. The third-order valence-corrected chi connectivity index (χ3v) is 7.48. The highest BCUT2D eigenvalue weighted by molar-refractivity contribution is 7.89. The molecule has 3 aromatic heterocycles. The van der Waals surface area contributed by atoms with Crippen LogP contribution in [0, 0.1) is 0 Å². The molecule has 5 rings (SSSR count). The molecule has 5 N–H and O–H groups in total. The normalized spacial score (nSPS) is 17.1. The number of carbonyl (C=O) groups excluding carboxylic acids is 1. The Morgan fingerprint density at radius 1 is 1.35 bits per heavy atom. The molecule has 1 unspecified atom stereocenters. The Labute approximate surface area is 199 Å². The SMILES string of the molecule is CC(NC(=O)c1c(N)nn2cccnc12)c1cc(Cl)c2cn[nH]c2c1N1CCNS(=O)(=O)CC1. The fourth-order valence-corrected chi connectivity index (χ4v) is 5.46. The van der Waals surface area contributed by atoms with Crippen LogP contribution in [0.4, 0.5) is 11.5 Å². The summed E-state index contributed by atoms with van der Waals surface area (Å²) < 4.78 is 28.2. The number of nitrogens with two attached hydrogens (primary N) is 1. The number of hydrogen-bond donors (Lipinski definition) is 4. The van der Waals surface area contributed by atoms with Gasteiger partial charge in [0.15, 0.2) is 11.5 Å². The van der Waals surface area contributed by atoms with Gasteiger partial charge in [-0.3, -0.25) is 9.89 Å². The maximum atomic E-state index is 13.2. The zero-order chi connectivity index (χ0) is 24.0. The van der Waals surface area contributed by atoms with E-state index >= 15 is 0 Å². The first kappa shape index (κ1) is 22.4. The lowest BCUT2D eigenvalue weighted by atomic mass is 10.0. The van der Waals surface area contributed by atoms with Gasteiger partial charge in [0.1, 0.15) is 5.56 Å². The van der Waals surface area contributed by atoms with Crippen molar-refractivity contribution in [2.45, 2.75) is 13.0 Å². The van der Waals surface area contributed by atoms with Crippen molar-refractivity contribution in [1.29, 1.82) is 0 Å². The first-order valence-corrected chi connectivity index (χ1v) is 12.6. The number of H-pyrrole nitrogens is 1. The van der Waals surface area contributed by atoms with Gasteiger partial charge in [-0.2, -0.15) is 5.10 Å². The fraction of sp³-hybridized carbons (Fsp3) is 0.300. The minimum Gasteiger partial charge on any atom is -0.381 e. The van der Waals surface area contributed by atoms with Gasteiger partial charge >= 0.3 is 0 Å². The maximum absolute atomic E-state index is 13.2. The zero-order valence-electron chi connectivity index (χ0n) is 18.1. The standard InChI is InChI=1S/C20H22ClN9O3S/c1-11(26-20(31)15-18(22)28-30-5-2-3-23-19(15)30)12-9-14(21)13-10-24-27-16(13)17(12)29-6-4-25-34(32,33)8-7-29/h2-3,5,9-11,25H,4,6-8H2,1H3,(H2,22,28)(H,24,27)(H,26,31). The van der Waals surface area contributed by atoms with E-state index < -0.39 is 22.0 Å². The van der Waals surface area contributed by atoms with E-state index in [0.29, 0.717) is 33.7 Å². The van der Waals surface area contributed by atoms with Crippen molar-refractivity contribution < 1.29 is 13.2 Å². The minimum atomic E-state index is -3.36. The summed E-state index contributed by atoms with van der Waals surface area (Å²) in [5.74, 6) is -0.434. The molecule has 1 atom stereocenters. The zero-order valence-corrected chi connectivity index (χ0v) is 19.7. The quantitative estimate of drug-likeness (QED) is 0.321. The molecule has 0 bridgehead atoms. The van der Waals surface area contributed by atoms with Crippen LogP contribution in [0.15, 0.2) is 30.7 Å². The first-order chi connectivity index (χ1) is 16.2. The molecule has 0 saturated carbocycles. The molecule has 0 spiro atoms. The summed E-state index contributed by atoms with van der Waals surface area (Å²) in [5.41, 5.74) is 8.62. The molecule has 1 fully saturated rings. The summed E-state index contributed by atoms with van der Waals surface area (Å²) in [4.78, 5) is 19.4. The third kappa shape index (κ3) is 3.91. The minimum absolute atomic E-state index is 0.0595. The number of hydrogen-bond acceptors (Lipinski definition) is 8. The number of anilines is 2. The molecule has 1 aliphatic heterocycles. The topological polar surface area (TPSA) is 163 Å². The Hall–Kier alpha value is -3.42. The van der Waals surface area contributed by atoms with Gasteiger partial charge < -0.3 is 16.0 Å². The number of carbonyl (C=O) groups is 1. The number of halogens is 1. The van der Waals surface area contributed by atoms with E-state index in [1.165, 1.54) is 4.52 Å². The highest BCUT2D eigenvalue weighted by Gasteiger charge is 2.27. The predicted molar refractivity (Wildman–Crippen MR) is 128 cm³/mol. The number of rotatable bonds is 4. The average Bonchev–Trinajstić information content (AvgIpc) is 3.35. The van der Waals surface area contributed by atoms with Crippen molar-refractivity contribution in [2.75, 3.05) is 36.0 Å². The summed E-state index contributed by atoms with van der Waals surface area (Å²) >= 11 is 6.53. The van der Waals surface area contributed by atoms with E-state index in [9.17, 15) is 13.2 Å². The van der Waals surface area contributed by atoms with E-state index in [2.05, 4.69) is 30.3 Å². The van der Waals surface area contributed by atoms with Crippen LogP contribution in [0.2, 0.25) is 5.02 Å². The molecular weight excluding hydrogens is 482 g/mol. The molecule has 0 radical (unpaired) electrons. The molecule has 178 valence electrons. The molecular formula is C20H22ClN9O3S. The van der Waals surface area contributed by atoms with Crippen LogP contribution in [0.5, 0.6) is 0 Å². The maximum Gasteiger partial charge on any atom is 0.259 e. The lowest BCUT2D eigenvalue weighted by Crippen LogP contribution is -2.32. The van der Waals surface area contributed by atoms with Crippen LogP contribution in [0.25, 0.3) is 16.6 Å². The Kier molecular flexibility index (Phi) is 5.54. The van der Waals surface area contributed by atoms with E-state index in [4.69, 9.17) is 17.3 Å². The van der Waals surface area contributed by atoms with Gasteiger partial charge in [0, 0.05) is 43.0 Å². The van der Waals surface area contributed by atoms with E-state index in [-0.39, 0.29) is 30.2 Å². The van der Waals surface area contributed by atoms with Crippen molar-refractivity contribution in [3.8, 4) is 0 Å². The second kappa shape index (κ2) is 8.42. The molecule has 12 nitrogen and oxygen atoms in total. The van der Waals surface area contributed by atoms with E-state index in [1.54, 1.807) is 30.7 Å². The molecule has 4 heterocycles. The van der Waals surface area contributed by atoms with Crippen LogP contribution < -0.4 is 20.7 Å². The summed E-state index contributed by atoms with van der Waals surface area (Å²) in [7, 11) is -3.36. The number of nitrogens with zero attached hydrogens (tertiary/aromatic N) is 5. The molecule has 1 aromatic carbocycles. The number of aromatic amines is 1. The summed E-state index contributed by atoms with van der Waals surface area (Å²) in [6, 6.07) is 2.94. The largest absolute Gasteiger partial charge is 0.381 e. The van der Waals surface area contributed by atoms with Gasteiger partial charge in [-0.1, -0.05) is 11.6 Å². The number of benzene rings is 1. The Morgan fingerprint density at radius 2 is 2.18 bits per heavy atom. The van der Waals surface area contributed by atoms with Gasteiger partial charge in [0.2, 0.25) is 10.0 Å². The monoisotopic (exact) mass is 503 g/mol. The van der Waals surface area contributed by atoms with Crippen LogP contribution >= 0.6 is 11.6 Å². The van der Waals surface area contributed by atoms with E-state index in [1.807, 2.05) is 11.8 Å². The van der Waals surface area contributed by atoms with Gasteiger partial charge in [-0.05, 0) is 19.1 Å². The van der Waals surface area contributed by atoms with Crippen molar-refractivity contribution >= 4 is 55.6 Å². The van der Waals surface area contributed by atoms with Gasteiger partial charge in [-0.25, -0.2) is 22.6 Å². The van der Waals surface area contributed by atoms with Crippen LogP contribution in [0.1, 0.15) is 28.9 Å². The smallest absolute Gasteiger partial charge is 0.259 e. The summed E-state index contributed by atoms with van der Waals surface area (Å²) in [5, 5.41) is 15.4. The number of nitrogen functional groups attached to an aromatic ring is 1. The molecule has 1 saturated heterocycles. The second-order valence-electron chi connectivity index (χ2n) is 8.00. The van der Waals surface area contributed by atoms with Crippen LogP contribution in [-0.2, 0) is 10.0 Å². The molecule has 14 heteroatoms. The Morgan fingerprint density at radius 3 is 3.00 bits per heavy atom. The number of nitrogens with one attached hydrogen (secondary N) is 3. The molecule has 1 aliphatic rings. The highest BCUT2D eigenvalue weighted by Crippen LogP contribution is 2.38. The van der Waals surface area contributed by atoms with Crippen LogP contribution in [-0.4, -0.2) is 64.5 Å². The molecule has 34 heavy (non-hydrogen) atoms. The summed E-state index contributed by atoms with van der Waals surface area (Å²) in [6.07, 6.45) is 4.83. The number of fused-ring (bicyclic) bond motifs is 2. The predicted octanol–water partition coefficient (Wildman–Crippen LogP) is 1.07. The first-order valence-electron chi connectivity index (χ1n) is 10.5. The lowest BCUT2D eigenvalue weighted by Gasteiger charge is -2.28. The average molecular weight is 504 g/mol. The van der Waals surface area contributed by atoms with Crippen molar-refractivity contribution in [2.24, 2.45) is 0 Å². The van der Waals surface area contributed by atoms with Crippen molar-refractivity contribution in [3.63, 3.8) is 0 Å². The molecule has 0 aliphatic carbocycles. The molecule has 4 aromatic rings. The lowest BCUT2D eigenvalue weighted by molar-refractivity contribution is 0.0942. The highest BCUT2D eigenvalue weighted by atomic mass is 35.5. The third-order valence-electron chi connectivity index (χ3n) is 5.80. The van der Waals surface area contributed by atoms with Gasteiger partial charge in [0.25, 0.3) is 5.91 Å². The second-order valence-corrected chi connectivity index (χ2v) is 10.3. The summed E-state index contributed by atoms with van der Waals surface area (Å²) in [6.45, 7) is 2.78. The number of sulfonamides is 1. The molecule has 1 amide bonds. The van der Waals surface area contributed by atoms with Gasteiger partial charge in [0.05, 0.1) is 34.2 Å². The van der Waals surface area contributed by atoms with Gasteiger partial charge in [-0.15, -0.1) is 5.10 Å². The fourth-order valence-electron chi connectivity index (χ4n) is 4.19. The number of aromatic nitrogens is 5. The van der Waals surface area contributed by atoms with E-state index in [0.717, 1.165) is 5.69 Å². The number of amides is 1. The van der Waals surface area contributed by atoms with Crippen molar-refractivity contribution in [1.82, 2.24) is 34.8 Å². The Balaban J connectivity index is 1.54. The van der Waals surface area contributed by atoms with Crippen molar-refractivity contribution in [3.05, 3.63) is 46.9 Å². The van der Waals surface area contributed by atoms with Crippen LogP contribution in [0.3, 0.4) is 0 Å².